The minimum atomic E-state index is -0.408. The Hall–Kier alpha value is -2.04. The number of aryl methyl sites for hydroxylation is 1. The summed E-state index contributed by atoms with van der Waals surface area (Å²) in [5, 5.41) is 2.92. The Kier molecular flexibility index (Phi) is 4.04. The van der Waals surface area contributed by atoms with Crippen molar-refractivity contribution in [3.63, 3.8) is 0 Å². The molecule has 0 unspecified atom stereocenters. The molecule has 2 amide bonds. The predicted molar refractivity (Wildman–Crippen MR) is 74.0 cm³/mol. The van der Waals surface area contributed by atoms with Gasteiger partial charge in [0.25, 0.3) is 5.91 Å². The molecule has 0 radical (unpaired) electrons. The molecule has 1 saturated heterocycles. The predicted octanol–water partition coefficient (Wildman–Crippen LogP) is 1.13. The van der Waals surface area contributed by atoms with Crippen LogP contribution in [0.2, 0.25) is 0 Å². The van der Waals surface area contributed by atoms with Crippen LogP contribution in [0.1, 0.15) is 28.8 Å². The average Bonchev–Trinajstić information content (AvgIpc) is 2.89. The van der Waals surface area contributed by atoms with Crippen LogP contribution < -0.4 is 11.1 Å². The number of anilines is 1. The molecule has 1 aliphatic rings. The van der Waals surface area contributed by atoms with Crippen LogP contribution in [0.15, 0.2) is 18.2 Å². The van der Waals surface area contributed by atoms with E-state index in [1.165, 1.54) is 0 Å². The number of carbonyl (C=O) groups excluding carboxylic acids is 2. The number of nitrogens with zero attached hydrogens (tertiary/aromatic N) is 1. The summed E-state index contributed by atoms with van der Waals surface area (Å²) >= 11 is 0. The van der Waals surface area contributed by atoms with Crippen molar-refractivity contribution in [1.82, 2.24) is 4.90 Å². The number of nitrogens with two attached hydrogens (primary N) is 1. The van der Waals surface area contributed by atoms with Gasteiger partial charge in [-0.15, -0.1) is 0 Å². The standard InChI is InChI=1S/C14H19N3O2/c1-10-8-11(16-9-13(15)18)4-5-12(10)14(19)17-6-2-3-7-17/h4-5,8,16H,2-3,6-7,9H2,1H3,(H2,15,18). The van der Waals surface area contributed by atoms with Crippen molar-refractivity contribution >= 4 is 17.5 Å². The Morgan fingerprint density at radius 2 is 2.00 bits per heavy atom. The molecule has 1 aromatic rings. The summed E-state index contributed by atoms with van der Waals surface area (Å²) in [7, 11) is 0. The number of likely N-dealkylation sites (tertiary alicyclic amines) is 1. The lowest BCUT2D eigenvalue weighted by atomic mass is 10.1. The topological polar surface area (TPSA) is 75.4 Å². The van der Waals surface area contributed by atoms with Gasteiger partial charge in [-0.3, -0.25) is 9.59 Å². The van der Waals surface area contributed by atoms with Gasteiger partial charge in [0, 0.05) is 24.3 Å². The van der Waals surface area contributed by atoms with E-state index in [1.54, 1.807) is 12.1 Å². The zero-order valence-electron chi connectivity index (χ0n) is 11.1. The molecule has 19 heavy (non-hydrogen) atoms. The van der Waals surface area contributed by atoms with Gasteiger partial charge in [-0.1, -0.05) is 0 Å². The van der Waals surface area contributed by atoms with E-state index in [0.717, 1.165) is 42.7 Å². The first-order chi connectivity index (χ1) is 9.08. The quantitative estimate of drug-likeness (QED) is 0.853. The molecule has 0 saturated carbocycles. The highest BCUT2D eigenvalue weighted by atomic mass is 16.2. The summed E-state index contributed by atoms with van der Waals surface area (Å²) in [5.74, 6) is -0.314. The van der Waals surface area contributed by atoms with Crippen LogP contribution in [-0.4, -0.2) is 36.3 Å². The fourth-order valence-electron chi connectivity index (χ4n) is 2.29. The molecule has 0 atom stereocenters. The van der Waals surface area contributed by atoms with E-state index in [1.807, 2.05) is 17.9 Å². The molecular formula is C14H19N3O2. The molecule has 0 aromatic heterocycles. The van der Waals surface area contributed by atoms with Gasteiger partial charge >= 0.3 is 0 Å². The number of hydrogen-bond acceptors (Lipinski definition) is 3. The summed E-state index contributed by atoms with van der Waals surface area (Å²) < 4.78 is 0. The number of rotatable bonds is 4. The van der Waals surface area contributed by atoms with E-state index in [0.29, 0.717) is 0 Å². The summed E-state index contributed by atoms with van der Waals surface area (Å²) in [6.45, 7) is 3.69. The van der Waals surface area contributed by atoms with Crippen molar-refractivity contribution in [2.24, 2.45) is 5.73 Å². The number of benzene rings is 1. The van der Waals surface area contributed by atoms with Crippen LogP contribution >= 0.6 is 0 Å². The smallest absolute Gasteiger partial charge is 0.254 e. The number of nitrogens with one attached hydrogen (secondary N) is 1. The van der Waals surface area contributed by atoms with E-state index < -0.39 is 5.91 Å². The number of hydrogen-bond donors (Lipinski definition) is 2. The Morgan fingerprint density at radius 1 is 1.32 bits per heavy atom. The molecule has 102 valence electrons. The van der Waals surface area contributed by atoms with Gasteiger partial charge in [-0.2, -0.15) is 0 Å². The van der Waals surface area contributed by atoms with Crippen LogP contribution in [0.3, 0.4) is 0 Å². The fourth-order valence-corrected chi connectivity index (χ4v) is 2.29. The molecule has 2 rings (SSSR count). The molecule has 1 fully saturated rings. The van der Waals surface area contributed by atoms with Gasteiger partial charge in [0.05, 0.1) is 6.54 Å². The SMILES string of the molecule is Cc1cc(NCC(N)=O)ccc1C(=O)N1CCCC1. The van der Waals surface area contributed by atoms with Crippen LogP contribution in [0.25, 0.3) is 0 Å². The van der Waals surface area contributed by atoms with Crippen molar-refractivity contribution < 1.29 is 9.59 Å². The Morgan fingerprint density at radius 3 is 2.58 bits per heavy atom. The van der Waals surface area contributed by atoms with Gasteiger partial charge in [0.15, 0.2) is 0 Å². The van der Waals surface area contributed by atoms with Gasteiger partial charge < -0.3 is 16.0 Å². The maximum atomic E-state index is 12.3. The van der Waals surface area contributed by atoms with Crippen LogP contribution in [0.5, 0.6) is 0 Å². The van der Waals surface area contributed by atoms with Crippen LogP contribution in [0, 0.1) is 6.92 Å². The van der Waals surface area contributed by atoms with Crippen molar-refractivity contribution in [1.29, 1.82) is 0 Å². The second kappa shape index (κ2) is 5.73. The molecule has 0 aliphatic carbocycles. The lowest BCUT2D eigenvalue weighted by molar-refractivity contribution is -0.116. The van der Waals surface area contributed by atoms with Crippen molar-refractivity contribution in [2.75, 3.05) is 25.0 Å². The van der Waals surface area contributed by atoms with Crippen molar-refractivity contribution in [3.05, 3.63) is 29.3 Å². The average molecular weight is 261 g/mol. The van der Waals surface area contributed by atoms with Crippen LogP contribution in [0.4, 0.5) is 5.69 Å². The first-order valence-electron chi connectivity index (χ1n) is 6.50. The lowest BCUT2D eigenvalue weighted by Gasteiger charge is -2.17. The third-order valence-electron chi connectivity index (χ3n) is 3.32. The molecule has 1 aliphatic heterocycles. The molecule has 1 heterocycles. The Labute approximate surface area is 112 Å². The maximum absolute atomic E-state index is 12.3. The lowest BCUT2D eigenvalue weighted by Crippen LogP contribution is -2.28. The number of primary amides is 1. The Bertz CT molecular complexity index is 493. The van der Waals surface area contributed by atoms with Crippen molar-refractivity contribution in [3.8, 4) is 0 Å². The van der Waals surface area contributed by atoms with Gasteiger partial charge in [0.1, 0.15) is 0 Å². The zero-order chi connectivity index (χ0) is 13.8. The molecule has 0 spiro atoms. The highest BCUT2D eigenvalue weighted by molar-refractivity contribution is 5.96. The molecular weight excluding hydrogens is 242 g/mol. The molecule has 0 bridgehead atoms. The zero-order valence-corrected chi connectivity index (χ0v) is 11.1. The summed E-state index contributed by atoms with van der Waals surface area (Å²) in [4.78, 5) is 24.9. The van der Waals surface area contributed by atoms with E-state index >= 15 is 0 Å². The molecule has 1 aromatic carbocycles. The van der Waals surface area contributed by atoms with E-state index in [9.17, 15) is 9.59 Å². The summed E-state index contributed by atoms with van der Waals surface area (Å²) in [6, 6.07) is 5.48. The Balaban J connectivity index is 2.10. The first-order valence-corrected chi connectivity index (χ1v) is 6.50. The van der Waals surface area contributed by atoms with Crippen molar-refractivity contribution in [2.45, 2.75) is 19.8 Å². The highest BCUT2D eigenvalue weighted by Crippen LogP contribution is 2.19. The van der Waals surface area contributed by atoms with E-state index in [4.69, 9.17) is 5.73 Å². The fraction of sp³-hybridized carbons (Fsp3) is 0.429. The van der Waals surface area contributed by atoms with E-state index in [-0.39, 0.29) is 12.5 Å². The number of amides is 2. The largest absolute Gasteiger partial charge is 0.376 e. The van der Waals surface area contributed by atoms with Gasteiger partial charge in [0.2, 0.25) is 5.91 Å². The number of carbonyl (C=O) groups is 2. The molecule has 5 nitrogen and oxygen atoms in total. The van der Waals surface area contributed by atoms with Gasteiger partial charge in [-0.25, -0.2) is 0 Å². The monoisotopic (exact) mass is 261 g/mol. The normalized spacial score (nSPS) is 14.5. The second-order valence-electron chi connectivity index (χ2n) is 4.85. The first kappa shape index (κ1) is 13.4. The third kappa shape index (κ3) is 3.24. The second-order valence-corrected chi connectivity index (χ2v) is 4.85. The molecule has 3 N–H and O–H groups in total. The minimum Gasteiger partial charge on any atom is -0.376 e. The minimum absolute atomic E-state index is 0.0939. The van der Waals surface area contributed by atoms with Crippen LogP contribution in [-0.2, 0) is 4.79 Å². The summed E-state index contributed by atoms with van der Waals surface area (Å²) in [6.07, 6.45) is 2.17. The molecule has 5 heteroatoms. The summed E-state index contributed by atoms with van der Waals surface area (Å²) in [5.41, 5.74) is 7.51. The third-order valence-corrected chi connectivity index (χ3v) is 3.32. The van der Waals surface area contributed by atoms with Gasteiger partial charge in [-0.05, 0) is 43.5 Å². The maximum Gasteiger partial charge on any atom is 0.254 e. The highest BCUT2D eigenvalue weighted by Gasteiger charge is 2.20. The van der Waals surface area contributed by atoms with E-state index in [2.05, 4.69) is 5.32 Å².